The molecule has 0 aliphatic rings. The zero-order valence-electron chi connectivity index (χ0n) is 16.4. The predicted molar refractivity (Wildman–Crippen MR) is 119 cm³/mol. The summed E-state index contributed by atoms with van der Waals surface area (Å²) in [7, 11) is 1.62. The van der Waals surface area contributed by atoms with E-state index in [0.29, 0.717) is 40.6 Å². The largest absolute Gasteiger partial charge is 0.497 e. The minimum atomic E-state index is -0.225. The fraction of sp³-hybridized carbons (Fsp3) is 0.130. The number of carbonyl (C=O) groups is 1. The van der Waals surface area contributed by atoms with E-state index in [1.165, 1.54) is 0 Å². The van der Waals surface area contributed by atoms with Gasteiger partial charge in [0, 0.05) is 16.8 Å². The van der Waals surface area contributed by atoms with Gasteiger partial charge in [-0.15, -0.1) is 0 Å². The highest BCUT2D eigenvalue weighted by Crippen LogP contribution is 2.29. The van der Waals surface area contributed by atoms with Gasteiger partial charge in [0.1, 0.15) is 17.0 Å². The average molecular weight is 467 g/mol. The van der Waals surface area contributed by atoms with Crippen molar-refractivity contribution in [2.45, 2.75) is 6.92 Å². The van der Waals surface area contributed by atoms with Crippen molar-refractivity contribution in [3.63, 3.8) is 0 Å². The van der Waals surface area contributed by atoms with Gasteiger partial charge in [-0.2, -0.15) is 0 Å². The zero-order valence-corrected chi connectivity index (χ0v) is 18.0. The summed E-state index contributed by atoms with van der Waals surface area (Å²) in [6, 6.07) is 18.1. The highest BCUT2D eigenvalue weighted by Gasteiger charge is 2.12. The topological polar surface area (TPSA) is 73.6 Å². The molecule has 4 rings (SSSR count). The number of fused-ring (bicyclic) bond motifs is 1. The molecule has 152 valence electrons. The van der Waals surface area contributed by atoms with E-state index in [0.717, 1.165) is 15.8 Å². The molecule has 0 aliphatic heterocycles. The van der Waals surface area contributed by atoms with E-state index in [-0.39, 0.29) is 5.91 Å². The van der Waals surface area contributed by atoms with Crippen LogP contribution in [0.4, 0.5) is 5.69 Å². The number of oxazole rings is 1. The second kappa shape index (κ2) is 8.59. The van der Waals surface area contributed by atoms with Crippen LogP contribution in [0.3, 0.4) is 0 Å². The molecule has 0 radical (unpaired) electrons. The number of carbonyl (C=O) groups excluding carboxylic acids is 1. The second-order valence-corrected chi connectivity index (χ2v) is 7.32. The SMILES string of the molecule is CCOc1ccc(C(=O)Nc2ccc3oc(-c4ccc(OC)cc4)nc3c2)cc1Br. The highest BCUT2D eigenvalue weighted by molar-refractivity contribution is 9.10. The summed E-state index contributed by atoms with van der Waals surface area (Å²) in [5, 5.41) is 2.89. The normalized spacial score (nSPS) is 10.8. The number of hydrogen-bond acceptors (Lipinski definition) is 5. The third-order valence-corrected chi connectivity index (χ3v) is 5.10. The van der Waals surface area contributed by atoms with Crippen molar-refractivity contribution in [3.05, 3.63) is 70.7 Å². The number of nitrogens with zero attached hydrogens (tertiary/aromatic N) is 1. The molecule has 0 saturated carbocycles. The van der Waals surface area contributed by atoms with Crippen LogP contribution in [-0.2, 0) is 0 Å². The zero-order chi connectivity index (χ0) is 21.1. The molecule has 1 aromatic heterocycles. The van der Waals surface area contributed by atoms with Crippen molar-refractivity contribution < 1.29 is 18.7 Å². The summed E-state index contributed by atoms with van der Waals surface area (Å²) in [4.78, 5) is 17.2. The van der Waals surface area contributed by atoms with Crippen molar-refractivity contribution in [2.75, 3.05) is 19.0 Å². The first-order valence-electron chi connectivity index (χ1n) is 9.36. The van der Waals surface area contributed by atoms with Gasteiger partial charge in [0.2, 0.25) is 5.89 Å². The van der Waals surface area contributed by atoms with Crippen LogP contribution >= 0.6 is 15.9 Å². The summed E-state index contributed by atoms with van der Waals surface area (Å²) in [5.74, 6) is 1.74. The smallest absolute Gasteiger partial charge is 0.255 e. The molecule has 0 aliphatic carbocycles. The van der Waals surface area contributed by atoms with Gasteiger partial charge < -0.3 is 19.2 Å². The first-order valence-corrected chi connectivity index (χ1v) is 10.2. The van der Waals surface area contributed by atoms with Crippen molar-refractivity contribution in [3.8, 4) is 23.0 Å². The summed E-state index contributed by atoms with van der Waals surface area (Å²) in [6.07, 6.45) is 0. The molecule has 0 bridgehead atoms. The number of hydrogen-bond donors (Lipinski definition) is 1. The Balaban J connectivity index is 1.54. The van der Waals surface area contributed by atoms with Gasteiger partial charge in [-0.3, -0.25) is 4.79 Å². The molecule has 3 aromatic carbocycles. The standard InChI is InChI=1S/C23H19BrN2O4/c1-3-29-20-10-6-15(12-18(20)24)22(27)25-16-7-11-21-19(13-16)26-23(30-21)14-4-8-17(28-2)9-5-14/h4-13H,3H2,1-2H3,(H,25,27). The molecule has 0 fully saturated rings. The lowest BCUT2D eigenvalue weighted by Gasteiger charge is -2.09. The lowest BCUT2D eigenvalue weighted by Crippen LogP contribution is -2.12. The van der Waals surface area contributed by atoms with Gasteiger partial charge in [0.25, 0.3) is 5.91 Å². The summed E-state index contributed by atoms with van der Waals surface area (Å²) >= 11 is 3.43. The number of benzene rings is 3. The summed E-state index contributed by atoms with van der Waals surface area (Å²) < 4.78 is 17.2. The molecule has 0 unspecified atom stereocenters. The number of amides is 1. The van der Waals surface area contributed by atoms with Gasteiger partial charge in [0.05, 0.1) is 18.2 Å². The van der Waals surface area contributed by atoms with Crippen LogP contribution in [0, 0.1) is 0 Å². The minimum absolute atomic E-state index is 0.225. The first kappa shape index (κ1) is 20.0. The molecular weight excluding hydrogens is 448 g/mol. The Morgan fingerprint density at radius 2 is 1.90 bits per heavy atom. The van der Waals surface area contributed by atoms with E-state index in [1.54, 1.807) is 43.5 Å². The van der Waals surface area contributed by atoms with E-state index >= 15 is 0 Å². The van der Waals surface area contributed by atoms with E-state index in [4.69, 9.17) is 13.9 Å². The number of anilines is 1. The Morgan fingerprint density at radius 1 is 1.10 bits per heavy atom. The van der Waals surface area contributed by atoms with E-state index < -0.39 is 0 Å². The number of halogens is 1. The Labute approximate surface area is 182 Å². The van der Waals surface area contributed by atoms with Gasteiger partial charge in [-0.05, 0) is 83.5 Å². The Kier molecular flexibility index (Phi) is 5.72. The molecule has 30 heavy (non-hydrogen) atoms. The molecule has 4 aromatic rings. The number of rotatable bonds is 6. The van der Waals surface area contributed by atoms with Crippen LogP contribution in [0.25, 0.3) is 22.6 Å². The van der Waals surface area contributed by atoms with Gasteiger partial charge in [0.15, 0.2) is 5.58 Å². The summed E-state index contributed by atoms with van der Waals surface area (Å²) in [5.41, 5.74) is 3.29. The van der Waals surface area contributed by atoms with E-state index in [9.17, 15) is 4.79 Å². The van der Waals surface area contributed by atoms with Crippen molar-refractivity contribution in [1.82, 2.24) is 4.98 Å². The monoisotopic (exact) mass is 466 g/mol. The maximum absolute atomic E-state index is 12.6. The van der Waals surface area contributed by atoms with E-state index in [1.807, 2.05) is 31.2 Å². The lowest BCUT2D eigenvalue weighted by atomic mass is 10.2. The van der Waals surface area contributed by atoms with Crippen LogP contribution in [0.2, 0.25) is 0 Å². The van der Waals surface area contributed by atoms with Crippen molar-refractivity contribution in [1.29, 1.82) is 0 Å². The van der Waals surface area contributed by atoms with Crippen LogP contribution in [0.1, 0.15) is 17.3 Å². The maximum atomic E-state index is 12.6. The quantitative estimate of drug-likeness (QED) is 0.381. The van der Waals surface area contributed by atoms with Crippen LogP contribution in [-0.4, -0.2) is 24.6 Å². The average Bonchev–Trinajstić information content (AvgIpc) is 3.18. The Morgan fingerprint density at radius 3 is 2.60 bits per heavy atom. The van der Waals surface area contributed by atoms with Crippen LogP contribution in [0.15, 0.2) is 69.6 Å². The van der Waals surface area contributed by atoms with Gasteiger partial charge in [-0.1, -0.05) is 0 Å². The van der Waals surface area contributed by atoms with Crippen LogP contribution in [0.5, 0.6) is 11.5 Å². The third-order valence-electron chi connectivity index (χ3n) is 4.48. The van der Waals surface area contributed by atoms with Crippen molar-refractivity contribution >= 4 is 38.6 Å². The molecule has 1 N–H and O–H groups in total. The molecule has 1 heterocycles. The Hall–Kier alpha value is -3.32. The summed E-state index contributed by atoms with van der Waals surface area (Å²) in [6.45, 7) is 2.47. The first-order chi connectivity index (χ1) is 14.6. The molecule has 6 nitrogen and oxygen atoms in total. The Bertz CT molecular complexity index is 1200. The number of nitrogens with one attached hydrogen (secondary N) is 1. The van der Waals surface area contributed by atoms with Gasteiger partial charge >= 0.3 is 0 Å². The third kappa shape index (κ3) is 4.16. The predicted octanol–water partition coefficient (Wildman–Crippen LogP) is 5.92. The molecule has 0 atom stereocenters. The molecule has 7 heteroatoms. The van der Waals surface area contributed by atoms with Gasteiger partial charge in [-0.25, -0.2) is 4.98 Å². The fourth-order valence-corrected chi connectivity index (χ4v) is 3.47. The maximum Gasteiger partial charge on any atom is 0.255 e. The second-order valence-electron chi connectivity index (χ2n) is 6.46. The highest BCUT2D eigenvalue weighted by atomic mass is 79.9. The molecule has 0 saturated heterocycles. The van der Waals surface area contributed by atoms with Crippen molar-refractivity contribution in [2.24, 2.45) is 0 Å². The minimum Gasteiger partial charge on any atom is -0.497 e. The number of methoxy groups -OCH3 is 1. The van der Waals surface area contributed by atoms with E-state index in [2.05, 4.69) is 26.2 Å². The molecule has 1 amide bonds. The number of ether oxygens (including phenoxy) is 2. The fourth-order valence-electron chi connectivity index (χ4n) is 2.98. The lowest BCUT2D eigenvalue weighted by molar-refractivity contribution is 0.102. The molecule has 0 spiro atoms. The molecular formula is C23H19BrN2O4. The van der Waals surface area contributed by atoms with Crippen LogP contribution < -0.4 is 14.8 Å². The number of aromatic nitrogens is 1.